The maximum absolute atomic E-state index is 9.09. The molecule has 0 aliphatic carbocycles. The van der Waals surface area contributed by atoms with Crippen LogP contribution >= 0.6 is 11.3 Å². The van der Waals surface area contributed by atoms with Crippen LogP contribution in [0.5, 0.6) is 0 Å². The largest absolute Gasteiger partial charge is 0.360 e. The second kappa shape index (κ2) is 6.21. The van der Waals surface area contributed by atoms with Crippen LogP contribution in [-0.2, 0) is 16.9 Å². The van der Waals surface area contributed by atoms with E-state index in [1.807, 2.05) is 12.1 Å². The molecule has 0 saturated heterocycles. The monoisotopic (exact) mass is 312 g/mol. The molecule has 0 radical (unpaired) electrons. The minimum atomic E-state index is -0.340. The molecule has 114 valence electrons. The topological polar surface area (TPSA) is 36.3 Å². The fourth-order valence-electron chi connectivity index (χ4n) is 3.14. The van der Waals surface area contributed by atoms with Crippen molar-refractivity contribution in [1.82, 2.24) is 4.90 Å². The van der Waals surface area contributed by atoms with Gasteiger partial charge in [0.05, 0.1) is 18.2 Å². The Bertz CT molecular complexity index is 688. The highest BCUT2D eigenvalue weighted by atomic mass is 32.1. The molecule has 1 aliphatic heterocycles. The van der Waals surface area contributed by atoms with E-state index in [1.165, 1.54) is 10.4 Å². The number of hydrogen-bond acceptors (Lipinski definition) is 4. The van der Waals surface area contributed by atoms with Crippen LogP contribution in [0.15, 0.2) is 35.7 Å². The van der Waals surface area contributed by atoms with Gasteiger partial charge in [-0.05, 0) is 68.2 Å². The van der Waals surface area contributed by atoms with Gasteiger partial charge in [0.1, 0.15) is 5.60 Å². The molecule has 3 rings (SSSR count). The van der Waals surface area contributed by atoms with Gasteiger partial charge < -0.3 is 9.64 Å². The van der Waals surface area contributed by atoms with Gasteiger partial charge >= 0.3 is 0 Å². The number of ether oxygens (including phenoxy) is 1. The van der Waals surface area contributed by atoms with Gasteiger partial charge in [-0.25, -0.2) is 0 Å². The Balaban J connectivity index is 1.98. The molecule has 2 heterocycles. The zero-order valence-corrected chi connectivity index (χ0v) is 13.8. The molecule has 22 heavy (non-hydrogen) atoms. The summed E-state index contributed by atoms with van der Waals surface area (Å²) in [5.74, 6) is 0. The van der Waals surface area contributed by atoms with Crippen LogP contribution in [0.4, 0.5) is 0 Å². The van der Waals surface area contributed by atoms with E-state index < -0.39 is 0 Å². The van der Waals surface area contributed by atoms with Gasteiger partial charge in [-0.1, -0.05) is 12.1 Å². The summed E-state index contributed by atoms with van der Waals surface area (Å²) in [5.41, 5.74) is 2.75. The lowest BCUT2D eigenvalue weighted by Crippen LogP contribution is -2.27. The van der Waals surface area contributed by atoms with Crippen LogP contribution < -0.4 is 0 Å². The standard InChI is InChI=1S/C18H20N2OS/c1-20(2)9-4-8-18(17-5-3-10-22-17)16-7-6-14(12-19)11-15(16)13-21-18/h3,5-7,10-11H,4,8-9,13H2,1-2H3. The van der Waals surface area contributed by atoms with Crippen molar-refractivity contribution < 1.29 is 4.74 Å². The SMILES string of the molecule is CN(C)CCCC1(c2cccs2)OCc2cc(C#N)ccc21. The Morgan fingerprint density at radius 3 is 2.91 bits per heavy atom. The summed E-state index contributed by atoms with van der Waals surface area (Å²) >= 11 is 1.75. The first-order valence-electron chi connectivity index (χ1n) is 7.52. The van der Waals surface area contributed by atoms with Crippen LogP contribution in [-0.4, -0.2) is 25.5 Å². The van der Waals surface area contributed by atoms with Crippen molar-refractivity contribution in [3.05, 3.63) is 57.3 Å². The average molecular weight is 312 g/mol. The third kappa shape index (κ3) is 2.68. The summed E-state index contributed by atoms with van der Waals surface area (Å²) in [4.78, 5) is 3.46. The molecule has 1 aliphatic rings. The maximum Gasteiger partial charge on any atom is 0.128 e. The smallest absolute Gasteiger partial charge is 0.128 e. The van der Waals surface area contributed by atoms with Crippen molar-refractivity contribution in [3.8, 4) is 6.07 Å². The van der Waals surface area contributed by atoms with Crippen LogP contribution in [0.1, 0.15) is 34.4 Å². The lowest BCUT2D eigenvalue weighted by molar-refractivity contribution is -0.0112. The second-order valence-electron chi connectivity index (χ2n) is 5.98. The minimum Gasteiger partial charge on any atom is -0.360 e. The van der Waals surface area contributed by atoms with Gasteiger partial charge in [-0.3, -0.25) is 0 Å². The first kappa shape index (κ1) is 15.2. The van der Waals surface area contributed by atoms with Crippen LogP contribution in [0.3, 0.4) is 0 Å². The zero-order valence-electron chi connectivity index (χ0n) is 13.0. The van der Waals surface area contributed by atoms with E-state index >= 15 is 0 Å². The Labute approximate surface area is 135 Å². The minimum absolute atomic E-state index is 0.340. The van der Waals surface area contributed by atoms with Crippen molar-refractivity contribution in [3.63, 3.8) is 0 Å². The van der Waals surface area contributed by atoms with Crippen molar-refractivity contribution >= 4 is 11.3 Å². The number of nitriles is 1. The highest BCUT2D eigenvalue weighted by molar-refractivity contribution is 7.10. The van der Waals surface area contributed by atoms with E-state index in [2.05, 4.69) is 48.6 Å². The molecule has 1 aromatic heterocycles. The number of fused-ring (bicyclic) bond motifs is 1. The van der Waals surface area contributed by atoms with Gasteiger partial charge in [0.2, 0.25) is 0 Å². The molecule has 1 aromatic carbocycles. The molecule has 0 spiro atoms. The molecule has 0 amide bonds. The third-order valence-electron chi connectivity index (χ3n) is 4.20. The van der Waals surface area contributed by atoms with Gasteiger partial charge in [-0.15, -0.1) is 11.3 Å². The Hall–Kier alpha value is -1.67. The zero-order chi connectivity index (χ0) is 15.6. The van der Waals surface area contributed by atoms with E-state index in [1.54, 1.807) is 11.3 Å². The molecular weight excluding hydrogens is 292 g/mol. The lowest BCUT2D eigenvalue weighted by atomic mass is 9.86. The Morgan fingerprint density at radius 1 is 1.36 bits per heavy atom. The molecule has 4 heteroatoms. The van der Waals surface area contributed by atoms with Gasteiger partial charge in [0.25, 0.3) is 0 Å². The van der Waals surface area contributed by atoms with E-state index in [9.17, 15) is 0 Å². The first-order chi connectivity index (χ1) is 10.7. The van der Waals surface area contributed by atoms with Crippen molar-refractivity contribution in [2.24, 2.45) is 0 Å². The van der Waals surface area contributed by atoms with Gasteiger partial charge in [0.15, 0.2) is 0 Å². The Kier molecular flexibility index (Phi) is 4.30. The van der Waals surface area contributed by atoms with Gasteiger partial charge in [-0.2, -0.15) is 5.26 Å². The van der Waals surface area contributed by atoms with E-state index in [0.717, 1.165) is 24.9 Å². The summed E-state index contributed by atoms with van der Waals surface area (Å²) < 4.78 is 6.32. The van der Waals surface area contributed by atoms with E-state index in [4.69, 9.17) is 10.00 Å². The second-order valence-corrected chi connectivity index (χ2v) is 6.93. The maximum atomic E-state index is 9.09. The van der Waals surface area contributed by atoms with Gasteiger partial charge in [0, 0.05) is 4.88 Å². The number of hydrogen-bond donors (Lipinski definition) is 0. The fourth-order valence-corrected chi connectivity index (χ4v) is 4.06. The number of thiophene rings is 1. The predicted octanol–water partition coefficient (Wildman–Crippen LogP) is 3.74. The summed E-state index contributed by atoms with van der Waals surface area (Å²) in [6, 6.07) is 12.4. The lowest BCUT2D eigenvalue weighted by Gasteiger charge is -2.29. The van der Waals surface area contributed by atoms with Crippen molar-refractivity contribution in [1.29, 1.82) is 5.26 Å². The highest BCUT2D eigenvalue weighted by Crippen LogP contribution is 2.47. The highest BCUT2D eigenvalue weighted by Gasteiger charge is 2.42. The summed E-state index contributed by atoms with van der Waals surface area (Å²) in [6.45, 7) is 1.63. The summed E-state index contributed by atoms with van der Waals surface area (Å²) in [7, 11) is 4.20. The molecule has 3 nitrogen and oxygen atoms in total. The van der Waals surface area contributed by atoms with Crippen molar-refractivity contribution in [2.75, 3.05) is 20.6 Å². The summed E-state index contributed by atoms with van der Waals surface area (Å²) in [5, 5.41) is 11.2. The molecule has 2 aromatic rings. The first-order valence-corrected chi connectivity index (χ1v) is 8.40. The normalized spacial score (nSPS) is 20.1. The van der Waals surface area contributed by atoms with E-state index in [0.29, 0.717) is 12.2 Å². The Morgan fingerprint density at radius 2 is 2.23 bits per heavy atom. The molecule has 1 atom stereocenters. The van der Waals surface area contributed by atoms with Crippen LogP contribution in [0, 0.1) is 11.3 Å². The number of rotatable bonds is 5. The molecular formula is C18H20N2OS. The quantitative estimate of drug-likeness (QED) is 0.844. The van der Waals surface area contributed by atoms with Crippen LogP contribution in [0.2, 0.25) is 0 Å². The fraction of sp³-hybridized carbons (Fsp3) is 0.389. The predicted molar refractivity (Wildman–Crippen MR) is 88.8 cm³/mol. The average Bonchev–Trinajstić information content (AvgIpc) is 3.15. The molecule has 0 saturated carbocycles. The third-order valence-corrected chi connectivity index (χ3v) is 5.21. The van der Waals surface area contributed by atoms with Crippen molar-refractivity contribution in [2.45, 2.75) is 25.0 Å². The summed E-state index contributed by atoms with van der Waals surface area (Å²) in [6.07, 6.45) is 2.04. The van der Waals surface area contributed by atoms with Crippen LogP contribution in [0.25, 0.3) is 0 Å². The molecule has 0 bridgehead atoms. The molecule has 0 N–H and O–H groups in total. The van der Waals surface area contributed by atoms with E-state index in [-0.39, 0.29) is 5.60 Å². The molecule has 1 unspecified atom stereocenters. The number of nitrogens with zero attached hydrogens (tertiary/aromatic N) is 2. The number of benzene rings is 1. The molecule has 0 fully saturated rings.